The van der Waals surface area contributed by atoms with E-state index in [-0.39, 0.29) is 17.4 Å². The molecule has 0 aliphatic carbocycles. The molecule has 4 nitrogen and oxygen atoms in total. The normalized spacial score (nSPS) is 11.9. The molecule has 0 radical (unpaired) electrons. The molecule has 0 unspecified atom stereocenters. The van der Waals surface area contributed by atoms with Crippen LogP contribution in [-0.4, -0.2) is 31.5 Å². The Kier molecular flexibility index (Phi) is 5.58. The van der Waals surface area contributed by atoms with Gasteiger partial charge in [0.2, 0.25) is 0 Å². The van der Waals surface area contributed by atoms with Gasteiger partial charge in [0.05, 0.1) is 11.5 Å². The Morgan fingerprint density at radius 1 is 1.41 bits per heavy atom. The predicted molar refractivity (Wildman–Crippen MR) is 69.4 cm³/mol. The van der Waals surface area contributed by atoms with Crippen molar-refractivity contribution in [1.29, 1.82) is 0 Å². The van der Waals surface area contributed by atoms with Crippen LogP contribution in [0.3, 0.4) is 0 Å². The second kappa shape index (κ2) is 6.71. The molecule has 1 aromatic rings. The molecule has 0 atom stereocenters. The SMILES string of the molecule is CC(C)CS(=O)(=O)CCNCc1cccnc1. The van der Waals surface area contributed by atoms with Crippen molar-refractivity contribution in [2.75, 3.05) is 18.1 Å². The van der Waals surface area contributed by atoms with E-state index < -0.39 is 9.84 Å². The van der Waals surface area contributed by atoms with Crippen molar-refractivity contribution >= 4 is 9.84 Å². The first-order valence-electron chi connectivity index (χ1n) is 5.79. The molecule has 17 heavy (non-hydrogen) atoms. The molecule has 0 spiro atoms. The van der Waals surface area contributed by atoms with Gasteiger partial charge in [-0.25, -0.2) is 8.42 Å². The molecule has 1 aromatic heterocycles. The molecule has 0 saturated carbocycles. The number of rotatable bonds is 7. The van der Waals surface area contributed by atoms with Crippen molar-refractivity contribution in [2.24, 2.45) is 5.92 Å². The smallest absolute Gasteiger partial charge is 0.151 e. The van der Waals surface area contributed by atoms with E-state index in [2.05, 4.69) is 10.3 Å². The fourth-order valence-electron chi connectivity index (χ4n) is 1.55. The molecule has 96 valence electrons. The largest absolute Gasteiger partial charge is 0.312 e. The van der Waals surface area contributed by atoms with Crippen LogP contribution < -0.4 is 5.32 Å². The molecule has 1 rings (SSSR count). The van der Waals surface area contributed by atoms with E-state index in [1.54, 1.807) is 12.4 Å². The molecule has 0 bridgehead atoms. The molecule has 1 heterocycles. The summed E-state index contributed by atoms with van der Waals surface area (Å²) in [5.74, 6) is 0.658. The standard InChI is InChI=1S/C12H20N2O2S/c1-11(2)10-17(15,16)7-6-14-9-12-4-3-5-13-8-12/h3-5,8,11,14H,6-7,9-10H2,1-2H3. The lowest BCUT2D eigenvalue weighted by Crippen LogP contribution is -2.25. The van der Waals surface area contributed by atoms with Gasteiger partial charge in [-0.2, -0.15) is 0 Å². The highest BCUT2D eigenvalue weighted by Crippen LogP contribution is 2.00. The molecular formula is C12H20N2O2S. The fraction of sp³-hybridized carbons (Fsp3) is 0.583. The van der Waals surface area contributed by atoms with E-state index in [1.165, 1.54) is 0 Å². The van der Waals surface area contributed by atoms with Gasteiger partial charge in [0.25, 0.3) is 0 Å². The topological polar surface area (TPSA) is 59.1 Å². The number of sulfone groups is 1. The van der Waals surface area contributed by atoms with Crippen LogP contribution in [0, 0.1) is 5.92 Å². The quantitative estimate of drug-likeness (QED) is 0.746. The van der Waals surface area contributed by atoms with E-state index in [0.717, 1.165) is 5.56 Å². The van der Waals surface area contributed by atoms with Gasteiger partial charge in [0, 0.05) is 25.5 Å². The molecule has 0 fully saturated rings. The summed E-state index contributed by atoms with van der Waals surface area (Å²) in [5.41, 5.74) is 1.06. The van der Waals surface area contributed by atoms with E-state index in [1.807, 2.05) is 26.0 Å². The summed E-state index contributed by atoms with van der Waals surface area (Å²) < 4.78 is 23.2. The molecule has 1 N–H and O–H groups in total. The highest BCUT2D eigenvalue weighted by molar-refractivity contribution is 7.91. The van der Waals surface area contributed by atoms with Crippen molar-refractivity contribution in [2.45, 2.75) is 20.4 Å². The molecule has 0 amide bonds. The third-order valence-electron chi connectivity index (χ3n) is 2.23. The van der Waals surface area contributed by atoms with Crippen molar-refractivity contribution in [3.8, 4) is 0 Å². The summed E-state index contributed by atoms with van der Waals surface area (Å²) in [6.45, 7) is 4.98. The van der Waals surface area contributed by atoms with Gasteiger partial charge in [-0.1, -0.05) is 19.9 Å². The molecule has 0 aliphatic rings. The van der Waals surface area contributed by atoms with Gasteiger partial charge in [-0.3, -0.25) is 4.98 Å². The van der Waals surface area contributed by atoms with Crippen LogP contribution in [0.1, 0.15) is 19.4 Å². The summed E-state index contributed by atoms with van der Waals surface area (Å²) in [7, 11) is -2.91. The summed E-state index contributed by atoms with van der Waals surface area (Å²) in [4.78, 5) is 3.99. The van der Waals surface area contributed by atoms with Crippen LogP contribution in [0.4, 0.5) is 0 Å². The Balaban J connectivity index is 2.25. The van der Waals surface area contributed by atoms with Gasteiger partial charge in [0.15, 0.2) is 9.84 Å². The third kappa shape index (κ3) is 6.38. The Morgan fingerprint density at radius 3 is 2.76 bits per heavy atom. The van der Waals surface area contributed by atoms with Gasteiger partial charge in [0.1, 0.15) is 0 Å². The highest BCUT2D eigenvalue weighted by atomic mass is 32.2. The second-order valence-electron chi connectivity index (χ2n) is 4.55. The lowest BCUT2D eigenvalue weighted by atomic mass is 10.3. The maximum absolute atomic E-state index is 11.6. The summed E-state index contributed by atoms with van der Waals surface area (Å²) in [6.07, 6.45) is 3.49. The number of nitrogens with one attached hydrogen (secondary N) is 1. The maximum Gasteiger partial charge on any atom is 0.151 e. The Labute approximate surface area is 103 Å². The van der Waals surface area contributed by atoms with E-state index in [9.17, 15) is 8.42 Å². The van der Waals surface area contributed by atoms with Gasteiger partial charge >= 0.3 is 0 Å². The zero-order valence-electron chi connectivity index (χ0n) is 10.4. The van der Waals surface area contributed by atoms with E-state index >= 15 is 0 Å². The minimum absolute atomic E-state index is 0.193. The third-order valence-corrected chi connectivity index (χ3v) is 4.23. The Bertz CT molecular complexity index is 415. The minimum atomic E-state index is -2.91. The molecule has 0 aliphatic heterocycles. The molecule has 0 aromatic carbocycles. The first kappa shape index (κ1) is 14.1. The lowest BCUT2D eigenvalue weighted by Gasteiger charge is -2.08. The van der Waals surface area contributed by atoms with E-state index in [0.29, 0.717) is 13.1 Å². The van der Waals surface area contributed by atoms with Crippen LogP contribution in [-0.2, 0) is 16.4 Å². The van der Waals surface area contributed by atoms with Crippen molar-refractivity contribution in [1.82, 2.24) is 10.3 Å². The number of aromatic nitrogens is 1. The van der Waals surface area contributed by atoms with E-state index in [4.69, 9.17) is 0 Å². The van der Waals surface area contributed by atoms with Crippen molar-refractivity contribution in [3.63, 3.8) is 0 Å². The monoisotopic (exact) mass is 256 g/mol. The summed E-state index contributed by atoms with van der Waals surface area (Å²) in [5, 5.41) is 3.11. The zero-order valence-corrected chi connectivity index (χ0v) is 11.2. The van der Waals surface area contributed by atoms with Crippen molar-refractivity contribution in [3.05, 3.63) is 30.1 Å². The van der Waals surface area contributed by atoms with Gasteiger partial charge in [-0.05, 0) is 17.5 Å². The highest BCUT2D eigenvalue weighted by Gasteiger charge is 2.12. The number of hydrogen-bond acceptors (Lipinski definition) is 4. The fourth-order valence-corrected chi connectivity index (χ4v) is 3.19. The first-order chi connectivity index (χ1) is 7.99. The molecular weight excluding hydrogens is 236 g/mol. The van der Waals surface area contributed by atoms with Crippen LogP contribution in [0.15, 0.2) is 24.5 Å². The average Bonchev–Trinajstić information content (AvgIpc) is 2.24. The average molecular weight is 256 g/mol. The van der Waals surface area contributed by atoms with Crippen LogP contribution >= 0.6 is 0 Å². The Morgan fingerprint density at radius 2 is 2.18 bits per heavy atom. The lowest BCUT2D eigenvalue weighted by molar-refractivity contribution is 0.577. The number of nitrogens with zero attached hydrogens (tertiary/aromatic N) is 1. The number of pyridine rings is 1. The Hall–Kier alpha value is -0.940. The zero-order chi connectivity index (χ0) is 12.7. The minimum Gasteiger partial charge on any atom is -0.312 e. The maximum atomic E-state index is 11.6. The number of hydrogen-bond donors (Lipinski definition) is 1. The van der Waals surface area contributed by atoms with Crippen LogP contribution in [0.25, 0.3) is 0 Å². The summed E-state index contributed by atoms with van der Waals surface area (Å²) in [6, 6.07) is 3.83. The van der Waals surface area contributed by atoms with Crippen LogP contribution in [0.2, 0.25) is 0 Å². The van der Waals surface area contributed by atoms with Gasteiger partial charge in [-0.15, -0.1) is 0 Å². The van der Waals surface area contributed by atoms with Gasteiger partial charge < -0.3 is 5.32 Å². The van der Waals surface area contributed by atoms with Crippen molar-refractivity contribution < 1.29 is 8.42 Å². The molecule has 0 saturated heterocycles. The predicted octanol–water partition coefficient (Wildman–Crippen LogP) is 1.24. The summed E-state index contributed by atoms with van der Waals surface area (Å²) >= 11 is 0. The van der Waals surface area contributed by atoms with Crippen LogP contribution in [0.5, 0.6) is 0 Å². The second-order valence-corrected chi connectivity index (χ2v) is 6.77. The molecule has 5 heteroatoms. The first-order valence-corrected chi connectivity index (χ1v) is 7.62.